The lowest BCUT2D eigenvalue weighted by atomic mass is 10.0. The zero-order chi connectivity index (χ0) is 16.5. The van der Waals surface area contributed by atoms with Crippen molar-refractivity contribution in [2.75, 3.05) is 0 Å². The van der Waals surface area contributed by atoms with Gasteiger partial charge in [-0.15, -0.1) is 0 Å². The highest BCUT2D eigenvalue weighted by atomic mass is 17.1. The van der Waals surface area contributed by atoms with Gasteiger partial charge >= 0.3 is 5.97 Å². The fourth-order valence-electron chi connectivity index (χ4n) is 2.44. The molecule has 130 valence electrons. The molecule has 2 N–H and O–H groups in total. The Morgan fingerprint density at radius 3 is 2.14 bits per heavy atom. The molecule has 0 aliphatic heterocycles. The van der Waals surface area contributed by atoms with Crippen LogP contribution in [0, 0.1) is 0 Å². The van der Waals surface area contributed by atoms with Gasteiger partial charge in [0.15, 0.2) is 0 Å². The summed E-state index contributed by atoms with van der Waals surface area (Å²) in [5.41, 5.74) is 0. The smallest absolute Gasteiger partial charge is 0.303 e. The molecule has 0 aromatic rings. The van der Waals surface area contributed by atoms with E-state index in [2.05, 4.69) is 17.9 Å². The molecule has 0 saturated heterocycles. The molecule has 0 fully saturated rings. The Balaban J connectivity index is 3.36. The largest absolute Gasteiger partial charge is 0.481 e. The van der Waals surface area contributed by atoms with E-state index < -0.39 is 5.97 Å². The molecule has 0 aromatic carbocycles. The molecule has 0 bridgehead atoms. The number of aliphatic carboxylic acids is 1. The number of allylic oxidation sites excluding steroid dienone is 1. The van der Waals surface area contributed by atoms with E-state index >= 15 is 0 Å². The molecule has 0 unspecified atom stereocenters. The Morgan fingerprint density at radius 2 is 1.59 bits per heavy atom. The molecule has 0 saturated carbocycles. The third-order valence-electron chi connectivity index (χ3n) is 3.84. The molecule has 0 heterocycles. The third-order valence-corrected chi connectivity index (χ3v) is 3.84. The van der Waals surface area contributed by atoms with E-state index in [0.717, 1.165) is 44.9 Å². The minimum Gasteiger partial charge on any atom is -0.481 e. The van der Waals surface area contributed by atoms with E-state index in [9.17, 15) is 4.79 Å². The van der Waals surface area contributed by atoms with E-state index in [1.807, 2.05) is 6.08 Å². The summed E-state index contributed by atoms with van der Waals surface area (Å²) >= 11 is 0. The van der Waals surface area contributed by atoms with Crippen molar-refractivity contribution in [1.82, 2.24) is 0 Å². The van der Waals surface area contributed by atoms with E-state index in [1.165, 1.54) is 32.1 Å². The number of carbonyl (C=O) groups is 1. The number of rotatable bonds is 16. The Labute approximate surface area is 135 Å². The maximum atomic E-state index is 10.4. The van der Waals surface area contributed by atoms with Crippen LogP contribution in [0.25, 0.3) is 0 Å². The molecule has 0 rings (SSSR count). The van der Waals surface area contributed by atoms with E-state index in [1.54, 1.807) is 0 Å². The van der Waals surface area contributed by atoms with Gasteiger partial charge in [-0.2, -0.15) is 0 Å². The highest BCUT2D eigenvalue weighted by Crippen LogP contribution is 2.13. The van der Waals surface area contributed by atoms with Crippen LogP contribution in [0.3, 0.4) is 0 Å². The SMILES string of the molecule is CCCC/C=C/[C@H](CCCCCCCCCCC(=O)O)OO. The summed E-state index contributed by atoms with van der Waals surface area (Å²) in [7, 11) is 0. The van der Waals surface area contributed by atoms with Gasteiger partial charge in [0.25, 0.3) is 0 Å². The van der Waals surface area contributed by atoms with E-state index in [-0.39, 0.29) is 6.10 Å². The second kappa shape index (κ2) is 16.5. The lowest BCUT2D eigenvalue weighted by Crippen LogP contribution is -2.06. The molecule has 0 aromatic heterocycles. The van der Waals surface area contributed by atoms with Crippen LogP contribution < -0.4 is 0 Å². The maximum absolute atomic E-state index is 10.4. The van der Waals surface area contributed by atoms with Gasteiger partial charge in [-0.1, -0.05) is 76.9 Å². The van der Waals surface area contributed by atoms with Crippen molar-refractivity contribution >= 4 is 5.97 Å². The van der Waals surface area contributed by atoms with Gasteiger partial charge in [0.05, 0.1) is 0 Å². The molecule has 0 spiro atoms. The first-order valence-corrected chi connectivity index (χ1v) is 8.89. The Morgan fingerprint density at radius 1 is 1.00 bits per heavy atom. The second-order valence-corrected chi connectivity index (χ2v) is 5.98. The first-order chi connectivity index (χ1) is 10.7. The van der Waals surface area contributed by atoms with Crippen LogP contribution in [-0.4, -0.2) is 22.4 Å². The van der Waals surface area contributed by atoms with E-state index in [0.29, 0.717) is 6.42 Å². The number of hydrogen-bond acceptors (Lipinski definition) is 3. The molecule has 22 heavy (non-hydrogen) atoms. The second-order valence-electron chi connectivity index (χ2n) is 5.98. The summed E-state index contributed by atoms with van der Waals surface area (Å²) < 4.78 is 0. The lowest BCUT2D eigenvalue weighted by molar-refractivity contribution is -0.267. The average Bonchev–Trinajstić information content (AvgIpc) is 2.50. The molecular weight excluding hydrogens is 280 g/mol. The van der Waals surface area contributed by atoms with Crippen LogP contribution in [0.4, 0.5) is 0 Å². The molecule has 1 atom stereocenters. The summed E-state index contributed by atoms with van der Waals surface area (Å²) in [6, 6.07) is 0. The van der Waals surface area contributed by atoms with Crippen molar-refractivity contribution in [2.45, 2.75) is 96.5 Å². The van der Waals surface area contributed by atoms with Crippen LogP contribution in [0.2, 0.25) is 0 Å². The lowest BCUT2D eigenvalue weighted by Gasteiger charge is -2.08. The molecule has 4 nitrogen and oxygen atoms in total. The first kappa shape index (κ1) is 21.1. The van der Waals surface area contributed by atoms with Gasteiger partial charge in [0, 0.05) is 6.42 Å². The Bertz CT molecular complexity index is 276. The van der Waals surface area contributed by atoms with Crippen LogP contribution in [-0.2, 0) is 9.68 Å². The standard InChI is InChI=1S/C18H34O4/c1-2-3-4-11-14-17(22-21)15-12-9-7-5-6-8-10-13-16-18(19)20/h11,14,17,21H,2-10,12-13,15-16H2,1H3,(H,19,20)/b14-11+/t17-/m1/s1. The molecule has 0 aliphatic rings. The highest BCUT2D eigenvalue weighted by Gasteiger charge is 2.03. The summed E-state index contributed by atoms with van der Waals surface area (Å²) in [6.45, 7) is 2.17. The summed E-state index contributed by atoms with van der Waals surface area (Å²) in [6.07, 6.45) is 17.3. The minimum absolute atomic E-state index is 0.159. The predicted octanol–water partition coefficient (Wildman–Crippen LogP) is 5.58. The maximum Gasteiger partial charge on any atom is 0.303 e. The normalized spacial score (nSPS) is 12.8. The quantitative estimate of drug-likeness (QED) is 0.169. The van der Waals surface area contributed by atoms with Crippen LogP contribution in [0.1, 0.15) is 90.4 Å². The van der Waals surface area contributed by atoms with Gasteiger partial charge < -0.3 is 5.11 Å². The number of unbranched alkanes of at least 4 members (excludes halogenated alkanes) is 9. The van der Waals surface area contributed by atoms with Gasteiger partial charge in [0.1, 0.15) is 6.10 Å². The van der Waals surface area contributed by atoms with Crippen LogP contribution in [0.15, 0.2) is 12.2 Å². The molecule has 0 amide bonds. The predicted molar refractivity (Wildman–Crippen MR) is 90.0 cm³/mol. The summed E-state index contributed by atoms with van der Waals surface area (Å²) in [5, 5.41) is 17.4. The molecule has 4 heteroatoms. The van der Waals surface area contributed by atoms with Gasteiger partial charge in [0.2, 0.25) is 0 Å². The average molecular weight is 314 g/mol. The van der Waals surface area contributed by atoms with Crippen molar-refractivity contribution in [3.63, 3.8) is 0 Å². The van der Waals surface area contributed by atoms with Crippen molar-refractivity contribution in [1.29, 1.82) is 0 Å². The first-order valence-electron chi connectivity index (χ1n) is 8.89. The summed E-state index contributed by atoms with van der Waals surface area (Å²) in [5.74, 6) is -0.690. The molecule has 0 aliphatic carbocycles. The van der Waals surface area contributed by atoms with Crippen molar-refractivity contribution < 1.29 is 20.0 Å². The number of carboxylic acid groups (broad SMARTS) is 1. The Hall–Kier alpha value is -0.870. The minimum atomic E-state index is -0.690. The molecule has 0 radical (unpaired) electrons. The number of carboxylic acids is 1. The monoisotopic (exact) mass is 314 g/mol. The topological polar surface area (TPSA) is 66.8 Å². The van der Waals surface area contributed by atoms with Crippen LogP contribution >= 0.6 is 0 Å². The van der Waals surface area contributed by atoms with Crippen molar-refractivity contribution in [3.05, 3.63) is 12.2 Å². The van der Waals surface area contributed by atoms with Crippen LogP contribution in [0.5, 0.6) is 0 Å². The fourth-order valence-corrected chi connectivity index (χ4v) is 2.44. The highest BCUT2D eigenvalue weighted by molar-refractivity contribution is 5.66. The third kappa shape index (κ3) is 15.5. The van der Waals surface area contributed by atoms with Crippen molar-refractivity contribution in [2.24, 2.45) is 0 Å². The van der Waals surface area contributed by atoms with Crippen molar-refractivity contribution in [3.8, 4) is 0 Å². The van der Waals surface area contributed by atoms with Gasteiger partial charge in [-0.05, 0) is 19.3 Å². The van der Waals surface area contributed by atoms with Gasteiger partial charge in [-0.25, -0.2) is 4.89 Å². The van der Waals surface area contributed by atoms with Gasteiger partial charge in [-0.3, -0.25) is 10.1 Å². The Kier molecular flexibility index (Phi) is 15.8. The zero-order valence-corrected chi connectivity index (χ0v) is 14.1. The summed E-state index contributed by atoms with van der Waals surface area (Å²) in [4.78, 5) is 14.8. The fraction of sp³-hybridized carbons (Fsp3) is 0.833. The number of hydrogen-bond donors (Lipinski definition) is 2. The molecular formula is C18H34O4. The zero-order valence-electron chi connectivity index (χ0n) is 14.1. The van der Waals surface area contributed by atoms with E-state index in [4.69, 9.17) is 10.4 Å².